The SMILES string of the molecule is CNc1cc([C@H]2CCCNC2)nc(CN(C)C(=O)C2(c3ccc(C)cc3)CCCCC2)n1. The minimum atomic E-state index is -0.433. The van der Waals surface area contributed by atoms with Gasteiger partial charge in [-0.2, -0.15) is 0 Å². The number of piperidine rings is 1. The first-order valence-corrected chi connectivity index (χ1v) is 12.1. The zero-order valence-corrected chi connectivity index (χ0v) is 19.8. The van der Waals surface area contributed by atoms with Crippen LogP contribution in [0.25, 0.3) is 0 Å². The van der Waals surface area contributed by atoms with Crippen LogP contribution in [-0.2, 0) is 16.8 Å². The van der Waals surface area contributed by atoms with Gasteiger partial charge in [-0.1, -0.05) is 49.1 Å². The van der Waals surface area contributed by atoms with Crippen LogP contribution in [0.2, 0.25) is 0 Å². The van der Waals surface area contributed by atoms with Gasteiger partial charge in [0, 0.05) is 32.6 Å². The summed E-state index contributed by atoms with van der Waals surface area (Å²) >= 11 is 0. The van der Waals surface area contributed by atoms with Crippen molar-refractivity contribution in [2.24, 2.45) is 0 Å². The molecule has 2 aromatic rings. The van der Waals surface area contributed by atoms with Gasteiger partial charge in [0.15, 0.2) is 0 Å². The Morgan fingerprint density at radius 3 is 2.56 bits per heavy atom. The first-order chi connectivity index (χ1) is 15.5. The summed E-state index contributed by atoms with van der Waals surface area (Å²) in [5, 5.41) is 6.65. The van der Waals surface area contributed by atoms with E-state index in [4.69, 9.17) is 4.98 Å². The molecule has 4 rings (SSSR count). The molecule has 2 heterocycles. The molecule has 0 bridgehead atoms. The van der Waals surface area contributed by atoms with Crippen molar-refractivity contribution >= 4 is 11.7 Å². The largest absolute Gasteiger partial charge is 0.373 e. The number of hydrogen-bond donors (Lipinski definition) is 2. The number of likely N-dealkylation sites (N-methyl/N-ethyl adjacent to an activating group) is 1. The summed E-state index contributed by atoms with van der Waals surface area (Å²) in [5.74, 6) is 2.13. The van der Waals surface area contributed by atoms with Gasteiger partial charge >= 0.3 is 0 Å². The molecule has 6 heteroatoms. The van der Waals surface area contributed by atoms with Crippen LogP contribution in [0, 0.1) is 6.92 Å². The molecule has 1 amide bonds. The highest BCUT2D eigenvalue weighted by Crippen LogP contribution is 2.41. The summed E-state index contributed by atoms with van der Waals surface area (Å²) in [6.45, 7) is 4.54. The Bertz CT molecular complexity index is 914. The number of aryl methyl sites for hydroxylation is 1. The molecule has 2 fully saturated rings. The number of nitrogens with zero attached hydrogens (tertiary/aromatic N) is 3. The van der Waals surface area contributed by atoms with E-state index in [9.17, 15) is 4.79 Å². The third-order valence-corrected chi connectivity index (χ3v) is 7.21. The van der Waals surface area contributed by atoms with E-state index in [2.05, 4.69) is 52.9 Å². The van der Waals surface area contributed by atoms with Crippen molar-refractivity contribution < 1.29 is 4.79 Å². The van der Waals surface area contributed by atoms with Crippen LogP contribution in [0.1, 0.15) is 73.5 Å². The molecule has 0 spiro atoms. The van der Waals surface area contributed by atoms with Gasteiger partial charge in [0.05, 0.1) is 17.7 Å². The fourth-order valence-electron chi connectivity index (χ4n) is 5.33. The van der Waals surface area contributed by atoms with Crippen LogP contribution in [-0.4, -0.2) is 48.0 Å². The van der Waals surface area contributed by atoms with Gasteiger partial charge in [-0.05, 0) is 44.7 Å². The highest BCUT2D eigenvalue weighted by Gasteiger charge is 2.42. The predicted octanol–water partition coefficient (Wildman–Crippen LogP) is 4.15. The molecule has 1 saturated heterocycles. The number of rotatable bonds is 6. The summed E-state index contributed by atoms with van der Waals surface area (Å²) in [6, 6.07) is 10.6. The Kier molecular flexibility index (Phi) is 7.09. The van der Waals surface area contributed by atoms with Crippen LogP contribution >= 0.6 is 0 Å². The molecule has 2 aliphatic rings. The minimum Gasteiger partial charge on any atom is -0.373 e. The minimum absolute atomic E-state index is 0.195. The monoisotopic (exact) mass is 435 g/mol. The number of aromatic nitrogens is 2. The number of carbonyl (C=O) groups excluding carboxylic acids is 1. The van der Waals surface area contributed by atoms with Crippen LogP contribution in [0.15, 0.2) is 30.3 Å². The molecule has 1 aliphatic carbocycles. The maximum absolute atomic E-state index is 13.9. The van der Waals surface area contributed by atoms with Gasteiger partial charge in [-0.3, -0.25) is 4.79 Å². The van der Waals surface area contributed by atoms with Gasteiger partial charge in [-0.15, -0.1) is 0 Å². The van der Waals surface area contributed by atoms with Gasteiger partial charge in [0.1, 0.15) is 11.6 Å². The van der Waals surface area contributed by atoms with Crippen molar-refractivity contribution in [3.63, 3.8) is 0 Å². The highest BCUT2D eigenvalue weighted by atomic mass is 16.2. The van der Waals surface area contributed by atoms with E-state index < -0.39 is 5.41 Å². The Balaban J connectivity index is 1.58. The smallest absolute Gasteiger partial charge is 0.233 e. The molecule has 0 unspecified atom stereocenters. The second-order valence-corrected chi connectivity index (χ2v) is 9.56. The standard InChI is InChI=1S/C26H37N5O/c1-19-9-11-21(12-10-19)26(13-5-4-6-14-26)25(32)31(3)18-24-29-22(16-23(27-2)30-24)20-8-7-15-28-17-20/h9-12,16,20,28H,4-8,13-15,17-18H2,1-3H3,(H,27,29,30)/t20-/m0/s1. The lowest BCUT2D eigenvalue weighted by atomic mass is 9.68. The third-order valence-electron chi connectivity index (χ3n) is 7.21. The zero-order valence-electron chi connectivity index (χ0n) is 19.8. The summed E-state index contributed by atoms with van der Waals surface area (Å²) in [4.78, 5) is 25.3. The summed E-state index contributed by atoms with van der Waals surface area (Å²) in [6.07, 6.45) is 7.52. The summed E-state index contributed by atoms with van der Waals surface area (Å²) < 4.78 is 0. The lowest BCUT2D eigenvalue weighted by Gasteiger charge is -2.39. The average Bonchev–Trinajstić information content (AvgIpc) is 2.84. The molecule has 1 aromatic heterocycles. The van der Waals surface area contributed by atoms with E-state index in [1.54, 1.807) is 0 Å². The lowest BCUT2D eigenvalue weighted by molar-refractivity contribution is -0.138. The second-order valence-electron chi connectivity index (χ2n) is 9.56. The normalized spacial score (nSPS) is 20.5. The van der Waals surface area contributed by atoms with Gasteiger partial charge in [0.25, 0.3) is 0 Å². The zero-order chi connectivity index (χ0) is 22.6. The number of hydrogen-bond acceptors (Lipinski definition) is 5. The topological polar surface area (TPSA) is 70.2 Å². The van der Waals surface area contributed by atoms with Crippen molar-refractivity contribution in [1.29, 1.82) is 0 Å². The second kappa shape index (κ2) is 9.99. The molecule has 1 saturated carbocycles. The molecule has 0 radical (unpaired) electrons. The number of anilines is 1. The lowest BCUT2D eigenvalue weighted by Crippen LogP contribution is -2.46. The Hall–Kier alpha value is -2.47. The number of benzene rings is 1. The van der Waals surface area contributed by atoms with Crippen molar-refractivity contribution in [2.75, 3.05) is 32.5 Å². The quantitative estimate of drug-likeness (QED) is 0.713. The predicted molar refractivity (Wildman–Crippen MR) is 129 cm³/mol. The van der Waals surface area contributed by atoms with Gasteiger partial charge < -0.3 is 15.5 Å². The van der Waals surface area contributed by atoms with Crippen molar-refractivity contribution in [1.82, 2.24) is 20.2 Å². The number of carbonyl (C=O) groups is 1. The molecular weight excluding hydrogens is 398 g/mol. The van der Waals surface area contributed by atoms with Crippen LogP contribution in [0.5, 0.6) is 0 Å². The number of nitrogens with one attached hydrogen (secondary N) is 2. The maximum Gasteiger partial charge on any atom is 0.233 e. The fourth-order valence-corrected chi connectivity index (χ4v) is 5.33. The Labute approximate surface area is 192 Å². The van der Waals surface area contributed by atoms with E-state index in [-0.39, 0.29) is 5.91 Å². The molecule has 172 valence electrons. The molecule has 32 heavy (non-hydrogen) atoms. The van der Waals surface area contributed by atoms with E-state index >= 15 is 0 Å². The Morgan fingerprint density at radius 1 is 1.16 bits per heavy atom. The van der Waals surface area contributed by atoms with Crippen LogP contribution in [0.3, 0.4) is 0 Å². The average molecular weight is 436 g/mol. The van der Waals surface area contributed by atoms with Crippen molar-refractivity contribution in [2.45, 2.75) is 69.7 Å². The molecule has 2 N–H and O–H groups in total. The highest BCUT2D eigenvalue weighted by molar-refractivity contribution is 5.88. The fraction of sp³-hybridized carbons (Fsp3) is 0.577. The maximum atomic E-state index is 13.9. The molecule has 1 atom stereocenters. The van der Waals surface area contributed by atoms with Crippen molar-refractivity contribution in [3.05, 3.63) is 53.0 Å². The van der Waals surface area contributed by atoms with E-state index in [0.29, 0.717) is 18.3 Å². The Morgan fingerprint density at radius 2 is 1.91 bits per heavy atom. The van der Waals surface area contributed by atoms with Crippen LogP contribution < -0.4 is 10.6 Å². The van der Waals surface area contributed by atoms with Crippen LogP contribution in [0.4, 0.5) is 5.82 Å². The molecular formula is C26H37N5O. The molecule has 6 nitrogen and oxygen atoms in total. The number of amides is 1. The first kappa shape index (κ1) is 22.7. The van der Waals surface area contributed by atoms with Gasteiger partial charge in [0.2, 0.25) is 5.91 Å². The summed E-state index contributed by atoms with van der Waals surface area (Å²) in [5.41, 5.74) is 3.01. The molecule has 1 aliphatic heterocycles. The van der Waals surface area contributed by atoms with E-state index in [1.165, 1.54) is 12.0 Å². The molecule has 1 aromatic carbocycles. The van der Waals surface area contributed by atoms with Gasteiger partial charge in [-0.25, -0.2) is 9.97 Å². The first-order valence-electron chi connectivity index (χ1n) is 12.1. The third kappa shape index (κ3) is 4.80. The van der Waals surface area contributed by atoms with E-state index in [1.807, 2.05) is 19.0 Å². The van der Waals surface area contributed by atoms with E-state index in [0.717, 1.165) is 68.7 Å². The summed E-state index contributed by atoms with van der Waals surface area (Å²) in [7, 11) is 3.79. The van der Waals surface area contributed by atoms with Crippen molar-refractivity contribution in [3.8, 4) is 0 Å².